The van der Waals surface area contributed by atoms with E-state index in [0.717, 1.165) is 5.56 Å². The van der Waals surface area contributed by atoms with Crippen molar-refractivity contribution in [1.82, 2.24) is 0 Å². The number of benzene rings is 2. The number of rotatable bonds is 7. The molecule has 0 bridgehead atoms. The maximum absolute atomic E-state index is 13.4. The Morgan fingerprint density at radius 2 is 1.52 bits per heavy atom. The molecule has 0 amide bonds. The molecular weight excluding hydrogens is 332 g/mol. The maximum atomic E-state index is 13.4. The second-order valence-electron chi connectivity index (χ2n) is 5.54. The van der Waals surface area contributed by atoms with Gasteiger partial charge in [0.25, 0.3) is 0 Å². The van der Waals surface area contributed by atoms with Gasteiger partial charge in [-0.2, -0.15) is 10.5 Å². The minimum atomic E-state index is -2.63. The van der Waals surface area contributed by atoms with Crippen molar-refractivity contribution < 1.29 is 9.00 Å². The predicted molar refractivity (Wildman–Crippen MR) is 98.0 cm³/mol. The summed E-state index contributed by atoms with van der Waals surface area (Å²) in [4.78, 5) is 12.5. The number of hydrogen-bond acceptors (Lipinski definition) is 4. The zero-order chi connectivity index (χ0) is 18.1. The fraction of sp³-hybridized carbons (Fsp3) is 0.150. The molecule has 0 saturated heterocycles. The minimum Gasteiger partial charge on any atom is -0.289 e. The molecule has 0 saturated carbocycles. The normalized spacial score (nSPS) is 12.2. The van der Waals surface area contributed by atoms with E-state index in [2.05, 4.69) is 0 Å². The number of Topliss-reactive ketones (excluding diaryl/α,β-unsaturated/α-hetero) is 1. The Labute approximate surface area is 148 Å². The summed E-state index contributed by atoms with van der Waals surface area (Å²) in [5.74, 6) is -0.0679. The molecule has 4 nitrogen and oxygen atoms in total. The number of nitrogens with zero attached hydrogens (tertiary/aromatic N) is 2. The van der Waals surface area contributed by atoms with E-state index in [-0.39, 0.29) is 28.6 Å². The predicted octanol–water partition coefficient (Wildman–Crippen LogP) is 3.54. The lowest BCUT2D eigenvalue weighted by molar-refractivity contribution is 0.102. The first kappa shape index (κ1) is 18.3. The van der Waals surface area contributed by atoms with Crippen LogP contribution in [0.2, 0.25) is 0 Å². The van der Waals surface area contributed by atoms with Gasteiger partial charge in [0.15, 0.2) is 5.75 Å². The highest BCUT2D eigenvalue weighted by molar-refractivity contribution is 8.03. The smallest absolute Gasteiger partial charge is 0.211 e. The third-order valence-electron chi connectivity index (χ3n) is 3.59. The molecule has 0 aliphatic rings. The Morgan fingerprint density at radius 1 is 0.960 bits per heavy atom. The second kappa shape index (κ2) is 8.73. The van der Waals surface area contributed by atoms with E-state index >= 15 is 0 Å². The van der Waals surface area contributed by atoms with Crippen molar-refractivity contribution in [2.24, 2.45) is 0 Å². The van der Waals surface area contributed by atoms with Gasteiger partial charge >= 0.3 is 0 Å². The van der Waals surface area contributed by atoms with Crippen molar-refractivity contribution in [1.29, 1.82) is 10.5 Å². The van der Waals surface area contributed by atoms with Crippen LogP contribution in [0.5, 0.6) is 0 Å². The third-order valence-corrected chi connectivity index (χ3v) is 6.02. The fourth-order valence-electron chi connectivity index (χ4n) is 2.34. The van der Waals surface area contributed by atoms with Crippen molar-refractivity contribution in [3.05, 3.63) is 83.4 Å². The number of carbonyl (C=O) groups is 1. The molecule has 0 heterocycles. The van der Waals surface area contributed by atoms with Crippen LogP contribution in [0.15, 0.2) is 72.3 Å². The monoisotopic (exact) mass is 349 g/mol. The zero-order valence-corrected chi connectivity index (χ0v) is 14.4. The lowest BCUT2D eigenvalue weighted by atomic mass is 10.2. The van der Waals surface area contributed by atoms with Gasteiger partial charge in [-0.25, -0.2) is 0 Å². The van der Waals surface area contributed by atoms with Crippen LogP contribution in [0.1, 0.15) is 15.9 Å². The lowest BCUT2D eigenvalue weighted by Gasteiger charge is -2.11. The molecule has 124 valence electrons. The third kappa shape index (κ3) is 5.53. The van der Waals surface area contributed by atoms with Gasteiger partial charge in [0.1, 0.15) is 29.2 Å². The summed E-state index contributed by atoms with van der Waals surface area (Å²) in [7, 11) is -2.63. The first-order valence-corrected chi connectivity index (χ1v) is 9.72. The molecule has 25 heavy (non-hydrogen) atoms. The van der Waals surface area contributed by atoms with Crippen molar-refractivity contribution in [2.45, 2.75) is 5.75 Å². The van der Waals surface area contributed by atoms with E-state index in [1.54, 1.807) is 36.4 Å². The summed E-state index contributed by atoms with van der Waals surface area (Å²) in [6, 6.07) is 21.5. The second-order valence-corrected chi connectivity index (χ2v) is 8.38. The van der Waals surface area contributed by atoms with Crippen LogP contribution >= 0.6 is 0 Å². The van der Waals surface area contributed by atoms with Crippen LogP contribution in [0.3, 0.4) is 0 Å². The Bertz CT molecular complexity index is 875. The zero-order valence-electron chi connectivity index (χ0n) is 13.6. The van der Waals surface area contributed by atoms with Gasteiger partial charge in [0, 0.05) is 11.1 Å². The van der Waals surface area contributed by atoms with Crippen LogP contribution in [-0.4, -0.2) is 17.3 Å². The van der Waals surface area contributed by atoms with E-state index in [0.29, 0.717) is 5.56 Å². The number of allylic oxidation sites excluding steroid dienone is 1. The van der Waals surface area contributed by atoms with Gasteiger partial charge < -0.3 is 0 Å². The number of nitriles is 2. The maximum Gasteiger partial charge on any atom is 0.211 e. The van der Waals surface area contributed by atoms with Crippen molar-refractivity contribution in [2.75, 3.05) is 11.5 Å². The van der Waals surface area contributed by atoms with E-state index in [1.807, 2.05) is 36.4 Å². The number of carbonyl (C=O) groups excluding carboxylic acids is 1. The largest absolute Gasteiger partial charge is 0.289 e. The van der Waals surface area contributed by atoms with Crippen molar-refractivity contribution in [3.8, 4) is 12.1 Å². The summed E-state index contributed by atoms with van der Waals surface area (Å²) >= 11 is 0. The molecule has 0 aromatic heterocycles. The molecule has 0 fully saturated rings. The van der Waals surface area contributed by atoms with E-state index in [4.69, 9.17) is 10.5 Å². The molecule has 2 aromatic rings. The van der Waals surface area contributed by atoms with Crippen molar-refractivity contribution in [3.63, 3.8) is 0 Å². The summed E-state index contributed by atoms with van der Waals surface area (Å²) in [6.07, 6.45) is 1.36. The van der Waals surface area contributed by atoms with Crippen LogP contribution in [0.25, 0.3) is 0 Å². The van der Waals surface area contributed by atoms with Crippen LogP contribution < -0.4 is 0 Å². The Kier molecular flexibility index (Phi) is 6.39. The first-order chi connectivity index (χ1) is 12.1. The van der Waals surface area contributed by atoms with Gasteiger partial charge in [0.2, 0.25) is 5.78 Å². The van der Waals surface area contributed by atoms with E-state index in [1.165, 1.54) is 6.08 Å². The summed E-state index contributed by atoms with van der Waals surface area (Å²) in [6.45, 7) is 0. The summed E-state index contributed by atoms with van der Waals surface area (Å²) in [5.41, 5.74) is 1.28. The standard InChI is InChI=1S/C20H17N2O2S/c21-13-18(14-22)11-12-25(24,15-17-7-3-1-4-8-17)16-20(23)19-9-5-2-6-10-19/h1-11H,12,15-16H2/q+1. The van der Waals surface area contributed by atoms with Crippen LogP contribution in [0.4, 0.5) is 0 Å². The quantitative estimate of drug-likeness (QED) is 0.435. The van der Waals surface area contributed by atoms with Gasteiger partial charge in [0.05, 0.1) is 9.93 Å². The van der Waals surface area contributed by atoms with Gasteiger partial charge in [-0.05, 0) is 6.08 Å². The highest BCUT2D eigenvalue weighted by Crippen LogP contribution is 2.18. The first-order valence-electron chi connectivity index (χ1n) is 7.66. The summed E-state index contributed by atoms with van der Waals surface area (Å²) < 4.78 is 13.4. The van der Waals surface area contributed by atoms with Gasteiger partial charge in [-0.3, -0.25) is 4.79 Å². The van der Waals surface area contributed by atoms with Crippen LogP contribution in [-0.2, 0) is 19.9 Å². The highest BCUT2D eigenvalue weighted by Gasteiger charge is 2.31. The minimum absolute atomic E-state index is 0.0247. The molecule has 1 unspecified atom stereocenters. The van der Waals surface area contributed by atoms with Crippen molar-refractivity contribution >= 4 is 15.7 Å². The van der Waals surface area contributed by atoms with Crippen LogP contribution in [0, 0.1) is 22.7 Å². The SMILES string of the molecule is N#CC(C#N)=CC[S+](=O)(CC(=O)c1ccccc1)Cc1ccccc1. The molecule has 0 aliphatic carbocycles. The highest BCUT2D eigenvalue weighted by atomic mass is 32.2. The molecule has 1 atom stereocenters. The fourth-order valence-corrected chi connectivity index (χ4v) is 4.60. The molecule has 0 radical (unpaired) electrons. The molecule has 0 aliphatic heterocycles. The Hall–Kier alpha value is -3.02. The average Bonchev–Trinajstić information content (AvgIpc) is 2.64. The molecule has 5 heteroatoms. The molecular formula is C20H17N2O2S+. The molecule has 0 spiro atoms. The van der Waals surface area contributed by atoms with E-state index < -0.39 is 9.93 Å². The summed E-state index contributed by atoms with van der Waals surface area (Å²) in [5, 5.41) is 17.7. The topological polar surface area (TPSA) is 81.7 Å². The lowest BCUT2D eigenvalue weighted by Crippen LogP contribution is -2.27. The molecule has 0 N–H and O–H groups in total. The number of hydrogen-bond donors (Lipinski definition) is 0. The average molecular weight is 349 g/mol. The molecule has 2 rings (SSSR count). The van der Waals surface area contributed by atoms with Gasteiger partial charge in [-0.15, -0.1) is 4.21 Å². The van der Waals surface area contributed by atoms with Gasteiger partial charge in [-0.1, -0.05) is 60.7 Å². The molecule has 2 aromatic carbocycles. The van der Waals surface area contributed by atoms with E-state index in [9.17, 15) is 9.00 Å². The Morgan fingerprint density at radius 3 is 2.08 bits per heavy atom. The number of ketones is 1. The Balaban J connectivity index is 2.27.